The van der Waals surface area contributed by atoms with Gasteiger partial charge in [-0.05, 0) is 62.3 Å². The van der Waals surface area contributed by atoms with Crippen LogP contribution in [0.2, 0.25) is 0 Å². The van der Waals surface area contributed by atoms with Crippen molar-refractivity contribution in [3.05, 3.63) is 65.4 Å². The van der Waals surface area contributed by atoms with Gasteiger partial charge in [0.2, 0.25) is 0 Å². The lowest BCUT2D eigenvalue weighted by atomic mass is 10.1. The number of aryl methyl sites for hydroxylation is 2. The van der Waals surface area contributed by atoms with Crippen molar-refractivity contribution < 1.29 is 14.3 Å². The smallest absolute Gasteiger partial charge is 0.338 e. The fourth-order valence-electron chi connectivity index (χ4n) is 4.09. The van der Waals surface area contributed by atoms with Crippen molar-refractivity contribution in [3.8, 4) is 0 Å². The Bertz CT molecular complexity index is 1080. The maximum Gasteiger partial charge on any atom is 0.338 e. The molecule has 0 radical (unpaired) electrons. The second-order valence-electron chi connectivity index (χ2n) is 8.19. The fourth-order valence-corrected chi connectivity index (χ4v) is 4.09. The zero-order valence-electron chi connectivity index (χ0n) is 20.2. The van der Waals surface area contributed by atoms with Crippen LogP contribution in [0.25, 0.3) is 10.9 Å². The van der Waals surface area contributed by atoms with Crippen LogP contribution in [0.4, 0.5) is 5.69 Å². The molecular formula is C27H35N3O3. The lowest BCUT2D eigenvalue weighted by Crippen LogP contribution is -2.27. The first-order valence-corrected chi connectivity index (χ1v) is 11.9. The van der Waals surface area contributed by atoms with E-state index in [0.717, 1.165) is 55.5 Å². The van der Waals surface area contributed by atoms with Gasteiger partial charge in [-0.15, -0.1) is 0 Å². The number of nitrogens with zero attached hydrogens (tertiary/aromatic N) is 2. The molecular weight excluding hydrogens is 414 g/mol. The summed E-state index contributed by atoms with van der Waals surface area (Å²) in [7, 11) is 0. The molecule has 6 nitrogen and oxygen atoms in total. The third kappa shape index (κ3) is 5.82. The van der Waals surface area contributed by atoms with Gasteiger partial charge in [0, 0.05) is 29.7 Å². The Labute approximate surface area is 196 Å². The molecule has 0 unspecified atom stereocenters. The number of esters is 1. The Hall–Kier alpha value is -3.12. The molecule has 2 aromatic carbocycles. The maximum absolute atomic E-state index is 13.2. The summed E-state index contributed by atoms with van der Waals surface area (Å²) in [6.07, 6.45) is 2.06. The van der Waals surface area contributed by atoms with Crippen molar-refractivity contribution in [2.45, 2.75) is 47.1 Å². The van der Waals surface area contributed by atoms with Crippen LogP contribution in [-0.4, -0.2) is 47.6 Å². The minimum absolute atomic E-state index is 0.144. The van der Waals surface area contributed by atoms with E-state index in [0.29, 0.717) is 23.6 Å². The van der Waals surface area contributed by atoms with Crippen molar-refractivity contribution in [2.75, 3.05) is 31.6 Å². The number of ether oxygens (including phenoxy) is 1. The molecule has 3 rings (SSSR count). The van der Waals surface area contributed by atoms with Crippen LogP contribution in [0.5, 0.6) is 0 Å². The Morgan fingerprint density at radius 1 is 1.00 bits per heavy atom. The summed E-state index contributed by atoms with van der Waals surface area (Å²) < 4.78 is 7.50. The standard InChI is InChI=1S/C27H35N3O3/c1-5-8-17-30-24-12-10-9-11-23(24)20(4)25(30)26(31)28-22-15-13-21(14-16-22)27(32)33-19-18-29(6-2)7-3/h9-16H,5-8,17-19H2,1-4H3,(H,28,31). The molecule has 1 aromatic heterocycles. The van der Waals surface area contributed by atoms with Gasteiger partial charge < -0.3 is 19.5 Å². The largest absolute Gasteiger partial charge is 0.461 e. The van der Waals surface area contributed by atoms with Gasteiger partial charge in [0.1, 0.15) is 12.3 Å². The van der Waals surface area contributed by atoms with E-state index in [9.17, 15) is 9.59 Å². The van der Waals surface area contributed by atoms with Gasteiger partial charge in [0.25, 0.3) is 5.91 Å². The monoisotopic (exact) mass is 449 g/mol. The van der Waals surface area contributed by atoms with Crippen molar-refractivity contribution in [3.63, 3.8) is 0 Å². The Kier molecular flexibility index (Phi) is 8.66. The maximum atomic E-state index is 13.2. The van der Waals surface area contributed by atoms with Gasteiger partial charge in [0.15, 0.2) is 0 Å². The number of benzene rings is 2. The predicted molar refractivity (Wildman–Crippen MR) is 134 cm³/mol. The number of hydrogen-bond donors (Lipinski definition) is 1. The van der Waals surface area contributed by atoms with Crippen LogP contribution < -0.4 is 5.32 Å². The van der Waals surface area contributed by atoms with E-state index in [1.165, 1.54) is 0 Å². The number of aromatic nitrogens is 1. The molecule has 0 aliphatic carbocycles. The summed E-state index contributed by atoms with van der Waals surface area (Å²) in [5.74, 6) is -0.495. The zero-order valence-corrected chi connectivity index (χ0v) is 20.2. The minimum atomic E-state index is -0.351. The van der Waals surface area contributed by atoms with Gasteiger partial charge >= 0.3 is 5.97 Å². The molecule has 1 heterocycles. The van der Waals surface area contributed by atoms with Gasteiger partial charge in [0.05, 0.1) is 5.56 Å². The molecule has 0 fully saturated rings. The second-order valence-corrected chi connectivity index (χ2v) is 8.19. The van der Waals surface area contributed by atoms with Crippen LogP contribution in [0, 0.1) is 6.92 Å². The quantitative estimate of drug-likeness (QED) is 0.393. The van der Waals surface area contributed by atoms with Gasteiger partial charge in [-0.3, -0.25) is 4.79 Å². The number of hydrogen-bond acceptors (Lipinski definition) is 4. The van der Waals surface area contributed by atoms with E-state index in [1.54, 1.807) is 24.3 Å². The molecule has 1 N–H and O–H groups in total. The van der Waals surface area contributed by atoms with Gasteiger partial charge in [-0.2, -0.15) is 0 Å². The SMILES string of the molecule is CCCCn1c(C(=O)Nc2ccc(C(=O)OCCN(CC)CC)cc2)c(C)c2ccccc21. The highest BCUT2D eigenvalue weighted by Gasteiger charge is 2.20. The average molecular weight is 450 g/mol. The Morgan fingerprint density at radius 3 is 2.36 bits per heavy atom. The molecule has 33 heavy (non-hydrogen) atoms. The number of carbonyl (C=O) groups excluding carboxylic acids is 2. The van der Waals surface area contributed by atoms with E-state index >= 15 is 0 Å². The van der Waals surface area contributed by atoms with Crippen molar-refractivity contribution >= 4 is 28.5 Å². The number of likely N-dealkylation sites (N-methyl/N-ethyl adjacent to an activating group) is 1. The summed E-state index contributed by atoms with van der Waals surface area (Å²) in [6.45, 7) is 12.1. The van der Waals surface area contributed by atoms with Crippen LogP contribution in [0.15, 0.2) is 48.5 Å². The third-order valence-corrected chi connectivity index (χ3v) is 6.09. The number of para-hydroxylation sites is 1. The third-order valence-electron chi connectivity index (χ3n) is 6.09. The zero-order chi connectivity index (χ0) is 23.8. The molecule has 0 saturated heterocycles. The molecule has 176 valence electrons. The second kappa shape index (κ2) is 11.7. The Balaban J connectivity index is 1.70. The number of fused-ring (bicyclic) bond motifs is 1. The molecule has 0 atom stereocenters. The van der Waals surface area contributed by atoms with Crippen molar-refractivity contribution in [2.24, 2.45) is 0 Å². The highest BCUT2D eigenvalue weighted by Crippen LogP contribution is 2.27. The van der Waals surface area contributed by atoms with Gasteiger partial charge in [-0.25, -0.2) is 4.79 Å². The molecule has 1 amide bonds. The number of carbonyl (C=O) groups is 2. The Morgan fingerprint density at radius 2 is 1.70 bits per heavy atom. The van der Waals surface area contributed by atoms with E-state index in [-0.39, 0.29) is 11.9 Å². The number of unbranched alkanes of at least 4 members (excludes halogenated alkanes) is 1. The predicted octanol–water partition coefficient (Wildman–Crippen LogP) is 5.50. The van der Waals surface area contributed by atoms with E-state index < -0.39 is 0 Å². The van der Waals surface area contributed by atoms with Crippen LogP contribution in [-0.2, 0) is 11.3 Å². The molecule has 0 aliphatic heterocycles. The van der Waals surface area contributed by atoms with E-state index in [1.807, 2.05) is 19.1 Å². The summed E-state index contributed by atoms with van der Waals surface area (Å²) in [5.41, 5.74) is 3.86. The number of nitrogens with one attached hydrogen (secondary N) is 1. The van der Waals surface area contributed by atoms with Crippen LogP contribution in [0.1, 0.15) is 60.0 Å². The summed E-state index contributed by atoms with van der Waals surface area (Å²) in [6, 6.07) is 15.0. The molecule has 0 saturated carbocycles. The van der Waals surface area contributed by atoms with Crippen LogP contribution in [0.3, 0.4) is 0 Å². The van der Waals surface area contributed by atoms with Gasteiger partial charge in [-0.1, -0.05) is 45.4 Å². The lowest BCUT2D eigenvalue weighted by Gasteiger charge is -2.17. The van der Waals surface area contributed by atoms with E-state index in [4.69, 9.17) is 4.74 Å². The minimum Gasteiger partial charge on any atom is -0.461 e. The summed E-state index contributed by atoms with van der Waals surface area (Å²) >= 11 is 0. The first kappa shape index (κ1) is 24.5. The number of amides is 1. The molecule has 3 aromatic rings. The lowest BCUT2D eigenvalue weighted by molar-refractivity contribution is 0.0466. The number of anilines is 1. The molecule has 6 heteroatoms. The first-order chi connectivity index (χ1) is 16.0. The van der Waals surface area contributed by atoms with E-state index in [2.05, 4.69) is 47.7 Å². The molecule has 0 bridgehead atoms. The van der Waals surface area contributed by atoms with Crippen LogP contribution >= 0.6 is 0 Å². The highest BCUT2D eigenvalue weighted by atomic mass is 16.5. The molecule has 0 spiro atoms. The van der Waals surface area contributed by atoms with Crippen molar-refractivity contribution in [1.29, 1.82) is 0 Å². The average Bonchev–Trinajstić information content (AvgIpc) is 3.12. The molecule has 0 aliphatic rings. The highest BCUT2D eigenvalue weighted by molar-refractivity contribution is 6.08. The topological polar surface area (TPSA) is 63.6 Å². The first-order valence-electron chi connectivity index (χ1n) is 11.9. The fraction of sp³-hybridized carbons (Fsp3) is 0.407. The number of rotatable bonds is 11. The normalized spacial score (nSPS) is 11.2. The van der Waals surface area contributed by atoms with Crippen molar-refractivity contribution in [1.82, 2.24) is 9.47 Å². The summed E-state index contributed by atoms with van der Waals surface area (Å²) in [5, 5.41) is 4.10. The summed E-state index contributed by atoms with van der Waals surface area (Å²) in [4.78, 5) is 27.8.